The molecule has 0 bridgehead atoms. The fourth-order valence-electron chi connectivity index (χ4n) is 8.87. The molecule has 9 nitrogen and oxygen atoms in total. The van der Waals surface area contributed by atoms with Crippen LogP contribution in [0.1, 0.15) is 284 Å². The lowest BCUT2D eigenvalue weighted by atomic mass is 10.0. The van der Waals surface area contributed by atoms with E-state index in [1.54, 1.807) is 0 Å². The van der Waals surface area contributed by atoms with Crippen LogP contribution in [0.3, 0.4) is 0 Å². The number of hydrogen-bond acceptors (Lipinski definition) is 6. The summed E-state index contributed by atoms with van der Waals surface area (Å²) in [6, 6.07) is -0.864. The average molecular weight is 1060 g/mol. The number of esters is 1. The molecule has 0 spiro atoms. The van der Waals surface area contributed by atoms with Crippen LogP contribution in [-0.4, -0.2) is 74.3 Å². The lowest BCUT2D eigenvalue weighted by molar-refractivity contribution is -0.870. The highest BCUT2D eigenvalue weighted by atomic mass is 31.2. The summed E-state index contributed by atoms with van der Waals surface area (Å²) in [7, 11) is 1.48. The zero-order valence-electron chi connectivity index (χ0n) is 49.3. The SMILES string of the molecule is CCCCC/C=C\C/C=C\C/C=C\C/C=C\CCCCCC(=O)NC(COP(=O)(O)OCC[N+](C)(C)C)C(/C=C/CCCCCCCCCCCC)OC(=O)CCCCCCCCCCCCCCCCCCC. The molecule has 0 saturated heterocycles. The number of amides is 1. The smallest absolute Gasteiger partial charge is 0.456 e. The number of likely N-dealkylation sites (N-methyl/N-ethyl adjacent to an activating group) is 1. The lowest BCUT2D eigenvalue weighted by Crippen LogP contribution is -2.47. The molecule has 432 valence electrons. The fourth-order valence-corrected chi connectivity index (χ4v) is 9.60. The Morgan fingerprint density at radius 2 is 0.824 bits per heavy atom. The van der Waals surface area contributed by atoms with Gasteiger partial charge >= 0.3 is 13.8 Å². The Morgan fingerprint density at radius 3 is 1.27 bits per heavy atom. The van der Waals surface area contributed by atoms with Gasteiger partial charge in [-0.2, -0.15) is 0 Å². The molecule has 0 saturated carbocycles. The quantitative estimate of drug-likeness (QED) is 0.0205. The maximum Gasteiger partial charge on any atom is 0.472 e. The topological polar surface area (TPSA) is 111 Å². The highest BCUT2D eigenvalue weighted by molar-refractivity contribution is 7.47. The normalized spacial score (nSPS) is 14.1. The van der Waals surface area contributed by atoms with Gasteiger partial charge in [-0.15, -0.1) is 0 Å². The third-order valence-corrected chi connectivity index (χ3v) is 14.7. The van der Waals surface area contributed by atoms with Crippen LogP contribution in [0.5, 0.6) is 0 Å². The van der Waals surface area contributed by atoms with Crippen molar-refractivity contribution in [1.29, 1.82) is 0 Å². The van der Waals surface area contributed by atoms with E-state index < -0.39 is 20.0 Å². The van der Waals surface area contributed by atoms with Crippen LogP contribution in [0.4, 0.5) is 0 Å². The minimum absolute atomic E-state index is 0.0336. The largest absolute Gasteiger partial charge is 0.472 e. The number of phosphoric ester groups is 1. The summed E-state index contributed by atoms with van der Waals surface area (Å²) in [6.07, 6.45) is 67.8. The number of unbranched alkanes of at least 4 members (excludes halogenated alkanes) is 32. The predicted molar refractivity (Wildman–Crippen MR) is 318 cm³/mol. The van der Waals surface area contributed by atoms with Crippen LogP contribution >= 0.6 is 7.82 Å². The number of carbonyl (C=O) groups excluding carboxylic acids is 2. The van der Waals surface area contributed by atoms with Gasteiger partial charge in [0.25, 0.3) is 0 Å². The minimum atomic E-state index is -4.46. The molecule has 0 fully saturated rings. The maximum absolute atomic E-state index is 13.5. The van der Waals surface area contributed by atoms with E-state index >= 15 is 0 Å². The Bertz CT molecular complexity index is 1450. The summed E-state index contributed by atoms with van der Waals surface area (Å²) in [5, 5.41) is 3.04. The molecule has 2 N–H and O–H groups in total. The van der Waals surface area contributed by atoms with Gasteiger partial charge in [-0.3, -0.25) is 18.6 Å². The van der Waals surface area contributed by atoms with Crippen LogP contribution < -0.4 is 5.32 Å². The van der Waals surface area contributed by atoms with Crippen LogP contribution in [0, 0.1) is 0 Å². The van der Waals surface area contributed by atoms with Crippen LogP contribution in [0.15, 0.2) is 60.8 Å². The summed E-state index contributed by atoms with van der Waals surface area (Å²) in [4.78, 5) is 37.7. The van der Waals surface area contributed by atoms with Crippen molar-refractivity contribution in [2.75, 3.05) is 40.9 Å². The first-order valence-corrected chi connectivity index (χ1v) is 32.6. The third-order valence-electron chi connectivity index (χ3n) is 13.7. The van der Waals surface area contributed by atoms with Crippen molar-refractivity contribution in [2.45, 2.75) is 296 Å². The van der Waals surface area contributed by atoms with Gasteiger partial charge < -0.3 is 19.4 Å². The van der Waals surface area contributed by atoms with Crippen molar-refractivity contribution < 1.29 is 37.3 Å². The van der Waals surface area contributed by atoms with Gasteiger partial charge in [-0.05, 0) is 76.7 Å². The lowest BCUT2D eigenvalue weighted by Gasteiger charge is -2.27. The number of phosphoric acid groups is 1. The molecule has 0 aliphatic heterocycles. The molecule has 0 radical (unpaired) electrons. The summed E-state index contributed by atoms with van der Waals surface area (Å²) in [6.45, 7) is 6.98. The van der Waals surface area contributed by atoms with E-state index in [1.807, 2.05) is 33.3 Å². The number of hydrogen-bond donors (Lipinski definition) is 2. The van der Waals surface area contributed by atoms with E-state index in [0.29, 0.717) is 23.9 Å². The molecular weight excluding hydrogens is 940 g/mol. The van der Waals surface area contributed by atoms with E-state index in [4.69, 9.17) is 13.8 Å². The van der Waals surface area contributed by atoms with Crippen molar-refractivity contribution in [2.24, 2.45) is 0 Å². The summed E-state index contributed by atoms with van der Waals surface area (Å²) in [5.41, 5.74) is 0. The Kier molecular flexibility index (Phi) is 52.4. The molecule has 1 amide bonds. The molecule has 74 heavy (non-hydrogen) atoms. The van der Waals surface area contributed by atoms with Crippen molar-refractivity contribution in [3.05, 3.63) is 60.8 Å². The second-order valence-electron chi connectivity index (χ2n) is 22.2. The van der Waals surface area contributed by atoms with Gasteiger partial charge in [0.15, 0.2) is 0 Å². The summed E-state index contributed by atoms with van der Waals surface area (Å²) in [5.74, 6) is -0.533. The standard InChI is InChI=1S/C64H119N2O7P/c1-7-10-13-16-19-22-25-28-30-32-33-35-36-38-41-44-47-50-53-56-63(67)65-61(60-72-74(69,70)71-59-58-66(4,5)6)62(55-52-49-46-43-40-27-24-21-18-15-12-9-3)73-64(68)57-54-51-48-45-42-39-37-34-31-29-26-23-20-17-14-11-8-2/h19,22,28,30,33,35,38,41,52,55,61-62H,7-18,20-21,23-27,29,31-32,34,36-37,39-40,42-51,53-54,56-60H2,1-6H3,(H-,65,67,69,70)/p+1/b22-19-,30-28-,35-33-,41-38-,55-52+. The number of quaternary nitrogens is 1. The molecule has 0 aromatic carbocycles. The van der Waals surface area contributed by atoms with E-state index in [-0.39, 0.29) is 31.5 Å². The maximum atomic E-state index is 13.5. The average Bonchev–Trinajstić information content (AvgIpc) is 3.36. The number of nitrogens with one attached hydrogen (secondary N) is 1. The van der Waals surface area contributed by atoms with Crippen molar-refractivity contribution in [3.63, 3.8) is 0 Å². The summed E-state index contributed by atoms with van der Waals surface area (Å²) >= 11 is 0. The first kappa shape index (κ1) is 71.7. The molecule has 0 aliphatic rings. The first-order valence-electron chi connectivity index (χ1n) is 31.1. The van der Waals surface area contributed by atoms with Crippen LogP contribution in [-0.2, 0) is 27.9 Å². The molecule has 0 heterocycles. The van der Waals surface area contributed by atoms with Crippen LogP contribution in [0.2, 0.25) is 0 Å². The zero-order chi connectivity index (χ0) is 54.3. The van der Waals surface area contributed by atoms with Gasteiger partial charge in [0.05, 0.1) is 33.8 Å². The van der Waals surface area contributed by atoms with Gasteiger partial charge in [0.2, 0.25) is 5.91 Å². The Balaban J connectivity index is 5.31. The second-order valence-corrected chi connectivity index (χ2v) is 23.7. The van der Waals surface area contributed by atoms with Crippen molar-refractivity contribution in [3.8, 4) is 0 Å². The van der Waals surface area contributed by atoms with Gasteiger partial charge in [-0.1, -0.05) is 255 Å². The fraction of sp³-hybridized carbons (Fsp3) is 0.812. The zero-order valence-corrected chi connectivity index (χ0v) is 50.2. The minimum Gasteiger partial charge on any atom is -0.456 e. The highest BCUT2D eigenvalue weighted by Gasteiger charge is 2.30. The molecular formula is C64H120N2O7P+. The molecule has 0 aromatic rings. The number of ether oxygens (including phenoxy) is 1. The van der Waals surface area contributed by atoms with Gasteiger partial charge in [0.1, 0.15) is 19.3 Å². The Morgan fingerprint density at radius 1 is 0.473 bits per heavy atom. The molecule has 0 aliphatic carbocycles. The van der Waals surface area contributed by atoms with Crippen molar-refractivity contribution >= 4 is 19.7 Å². The third kappa shape index (κ3) is 54.5. The number of rotatable bonds is 56. The molecule has 0 aromatic heterocycles. The van der Waals surface area contributed by atoms with Gasteiger partial charge in [0, 0.05) is 12.8 Å². The number of carbonyl (C=O) groups is 2. The predicted octanol–water partition coefficient (Wildman–Crippen LogP) is 19.1. The van der Waals surface area contributed by atoms with E-state index in [0.717, 1.165) is 77.0 Å². The number of nitrogens with zero attached hydrogens (tertiary/aromatic N) is 1. The monoisotopic (exact) mass is 1060 g/mol. The molecule has 3 unspecified atom stereocenters. The van der Waals surface area contributed by atoms with Crippen LogP contribution in [0.25, 0.3) is 0 Å². The van der Waals surface area contributed by atoms with Gasteiger partial charge in [-0.25, -0.2) is 4.57 Å². The first-order chi connectivity index (χ1) is 35.9. The number of allylic oxidation sites excluding steroid dienone is 9. The molecule has 3 atom stereocenters. The Hall–Kier alpha value is -2.29. The second kappa shape index (κ2) is 54.1. The molecule has 10 heteroatoms. The van der Waals surface area contributed by atoms with Crippen molar-refractivity contribution in [1.82, 2.24) is 5.32 Å². The molecule has 0 rings (SSSR count). The van der Waals surface area contributed by atoms with E-state index in [1.165, 1.54) is 167 Å². The Labute approximate surface area is 458 Å². The van der Waals surface area contributed by atoms with E-state index in [9.17, 15) is 19.0 Å². The highest BCUT2D eigenvalue weighted by Crippen LogP contribution is 2.43. The summed E-state index contributed by atoms with van der Waals surface area (Å²) < 4.78 is 30.7. The van der Waals surface area contributed by atoms with E-state index in [2.05, 4.69) is 74.7 Å².